The molecular weight excluding hydrogens is 353 g/mol. The van der Waals surface area contributed by atoms with Crippen LogP contribution in [0.15, 0.2) is 5.11 Å². The summed E-state index contributed by atoms with van der Waals surface area (Å²) in [6.07, 6.45) is -2.17. The van der Waals surface area contributed by atoms with Crippen molar-refractivity contribution in [1.82, 2.24) is 4.86 Å². The molecule has 0 amide bonds. The topological polar surface area (TPSA) is 211 Å². The number of nitrogens with one attached hydrogen (secondary N) is 1. The van der Waals surface area contributed by atoms with Gasteiger partial charge in [-0.2, -0.15) is 0 Å². The van der Waals surface area contributed by atoms with Gasteiger partial charge in [-0.05, 0) is 12.0 Å². The Morgan fingerprint density at radius 2 is 2.05 bits per heavy atom. The van der Waals surface area contributed by atoms with Gasteiger partial charge in [0, 0.05) is 11.5 Å². The Balaban J connectivity index is 2.78. The summed E-state index contributed by atoms with van der Waals surface area (Å²) >= 11 is 0. The predicted molar refractivity (Wildman–Crippen MR) is 68.1 cm³/mol. The number of hydrogen-bond acceptors (Lipinski definition) is 6. The molecule has 0 aromatic carbocycles. The third-order valence-electron chi connectivity index (χ3n) is 2.14. The fraction of sp³-hybridized carbons (Fsp3) is 1.00. The second-order valence-electron chi connectivity index (χ2n) is 3.92. The maximum atomic E-state index is 11.8. The molecule has 1 aliphatic heterocycles. The lowest BCUT2D eigenvalue weighted by Crippen LogP contribution is -2.24. The van der Waals surface area contributed by atoms with E-state index in [2.05, 4.69) is 14.3 Å². The van der Waals surface area contributed by atoms with Crippen molar-refractivity contribution in [3.8, 4) is 0 Å². The van der Waals surface area contributed by atoms with Crippen LogP contribution in [0.2, 0.25) is 0 Å². The lowest BCUT2D eigenvalue weighted by molar-refractivity contribution is 0.117. The van der Waals surface area contributed by atoms with E-state index in [9.17, 15) is 18.6 Å². The monoisotopic (exact) mass is 368 g/mol. The summed E-state index contributed by atoms with van der Waals surface area (Å²) < 4.78 is 49.9. The van der Waals surface area contributed by atoms with E-state index in [-0.39, 0.29) is 6.42 Å². The van der Waals surface area contributed by atoms with Gasteiger partial charge < -0.3 is 24.3 Å². The molecule has 2 unspecified atom stereocenters. The maximum absolute atomic E-state index is 11.8. The van der Waals surface area contributed by atoms with Crippen molar-refractivity contribution >= 4 is 23.1 Å². The third-order valence-corrected chi connectivity index (χ3v) is 6.92. The van der Waals surface area contributed by atoms with Crippen molar-refractivity contribution in [1.29, 1.82) is 0 Å². The highest BCUT2D eigenvalue weighted by Gasteiger charge is 2.41. The van der Waals surface area contributed by atoms with Crippen molar-refractivity contribution in [2.75, 3.05) is 12.7 Å². The van der Waals surface area contributed by atoms with E-state index >= 15 is 0 Å². The van der Waals surface area contributed by atoms with Crippen LogP contribution in [0.4, 0.5) is 0 Å². The van der Waals surface area contributed by atoms with Crippen molar-refractivity contribution in [3.05, 3.63) is 10.4 Å². The van der Waals surface area contributed by atoms with Gasteiger partial charge in [-0.3, -0.25) is 4.57 Å². The van der Waals surface area contributed by atoms with Crippen LogP contribution in [0, 0.1) is 0 Å². The number of nitrogens with zero attached hydrogens (tertiary/aromatic N) is 3. The average Bonchev–Trinajstić information content (AvgIpc) is 2.52. The van der Waals surface area contributed by atoms with Crippen LogP contribution in [0.25, 0.3) is 10.4 Å². The molecule has 13 nitrogen and oxygen atoms in total. The Morgan fingerprint density at radius 1 is 1.43 bits per heavy atom. The molecule has 0 aromatic rings. The third kappa shape index (κ3) is 7.01. The Labute approximate surface area is 119 Å². The lowest BCUT2D eigenvalue weighted by atomic mass is 10.2. The Bertz CT molecular complexity index is 604. The van der Waals surface area contributed by atoms with Crippen LogP contribution in [-0.4, -0.2) is 44.5 Å². The molecule has 1 heterocycles. The summed E-state index contributed by atoms with van der Waals surface area (Å²) in [6, 6.07) is -0.954. The first kappa shape index (κ1) is 17.1. The van der Waals surface area contributed by atoms with E-state index in [4.69, 9.17) is 26.3 Å². The molecule has 21 heavy (non-hydrogen) atoms. The van der Waals surface area contributed by atoms with Crippen molar-refractivity contribution < 1.29 is 43.7 Å². The van der Waals surface area contributed by atoms with Gasteiger partial charge in [0.05, 0.1) is 19.7 Å². The van der Waals surface area contributed by atoms with E-state index in [0.29, 0.717) is 0 Å². The summed E-state index contributed by atoms with van der Waals surface area (Å²) in [5.41, 5.74) is 8.34. The molecule has 122 valence electrons. The molecule has 0 aromatic heterocycles. The maximum Gasteiger partial charge on any atom is 0.419 e. The van der Waals surface area contributed by atoms with Crippen molar-refractivity contribution in [3.63, 3.8) is 0 Å². The van der Waals surface area contributed by atoms with Gasteiger partial charge in [-0.15, -0.1) is 4.86 Å². The van der Waals surface area contributed by atoms with Gasteiger partial charge in [-0.1, -0.05) is 5.11 Å². The highest BCUT2D eigenvalue weighted by Crippen LogP contribution is 2.61. The highest BCUT2D eigenvalue weighted by atomic mass is 31.3. The van der Waals surface area contributed by atoms with Crippen LogP contribution >= 0.6 is 23.1 Å². The van der Waals surface area contributed by atoms with Crippen molar-refractivity contribution in [2.24, 2.45) is 5.11 Å². The summed E-state index contributed by atoms with van der Waals surface area (Å²) in [7, 11) is -15.3. The first-order valence-corrected chi connectivity index (χ1v) is 10.1. The fourth-order valence-electron chi connectivity index (χ4n) is 1.49. The van der Waals surface area contributed by atoms with Gasteiger partial charge in [0.1, 0.15) is 0 Å². The Kier molecular flexibility index (Phi) is 5.59. The molecule has 5 N–H and O–H groups in total. The molecule has 1 fully saturated rings. The van der Waals surface area contributed by atoms with Crippen LogP contribution in [-0.2, 0) is 22.7 Å². The minimum Gasteiger partial charge on any atom is -0.377 e. The standard InChI is InChI=1S/C5H13N4O9P3/c6-8-7-4-1-2-17-5(4)3-19(10,11)18-21(15,16)9-20(12,13)14/h4-5H,1-3H2,(H,10,11)(H4,9,12,13,14,15,16)/t4-,5-/m1/s1/i2T/t2-,4+,5+/m0. The minimum absolute atomic E-state index is 0.0494. The van der Waals surface area contributed by atoms with Gasteiger partial charge >= 0.3 is 23.1 Å². The molecule has 0 spiro atoms. The zero-order chi connectivity index (χ0) is 17.2. The van der Waals surface area contributed by atoms with Crippen LogP contribution < -0.4 is 4.86 Å². The van der Waals surface area contributed by atoms with E-state index in [0.717, 1.165) is 4.86 Å². The van der Waals surface area contributed by atoms with E-state index < -0.39 is 48.0 Å². The highest BCUT2D eigenvalue weighted by molar-refractivity contribution is 7.71. The summed E-state index contributed by atoms with van der Waals surface area (Å²) in [5.74, 6) is 0. The normalized spacial score (nSPS) is 32.6. The Hall–Kier alpha value is -0.280. The summed E-state index contributed by atoms with van der Waals surface area (Å²) in [5, 5.41) is 3.27. The molecule has 16 heteroatoms. The summed E-state index contributed by atoms with van der Waals surface area (Å²) in [4.78, 5) is 39.0. The van der Waals surface area contributed by atoms with Gasteiger partial charge in [0.25, 0.3) is 0 Å². The summed E-state index contributed by atoms with van der Waals surface area (Å²) in [6.45, 7) is -1.12. The molecule has 0 saturated carbocycles. The zero-order valence-electron chi connectivity index (χ0n) is 11.2. The van der Waals surface area contributed by atoms with Gasteiger partial charge in [-0.25, -0.2) is 13.4 Å². The first-order valence-electron chi connectivity index (χ1n) is 5.74. The number of ether oxygens (including phenoxy) is 1. The second kappa shape index (κ2) is 6.87. The average molecular weight is 368 g/mol. The van der Waals surface area contributed by atoms with Crippen molar-refractivity contribution in [2.45, 2.75) is 18.6 Å². The smallest absolute Gasteiger partial charge is 0.377 e. The first-order chi connectivity index (χ1) is 9.84. The molecule has 0 radical (unpaired) electrons. The molecule has 0 aliphatic carbocycles. The van der Waals surface area contributed by atoms with Gasteiger partial charge in [0.15, 0.2) is 0 Å². The van der Waals surface area contributed by atoms with Crippen LogP contribution in [0.3, 0.4) is 0 Å². The SMILES string of the molecule is [3H][C@H]1C[C@@H](N=[N+]=[N-])[C@@H](CP(=O)(O)OP(=O)(O)NP(=O)(O)O)O1. The lowest BCUT2D eigenvalue weighted by Gasteiger charge is -2.21. The number of azide groups is 1. The molecular formula is C5H13N4O9P3. The number of hydrogen-bond donors (Lipinski definition) is 5. The largest absolute Gasteiger partial charge is 0.419 e. The molecule has 0 bridgehead atoms. The minimum atomic E-state index is -5.27. The number of rotatable bonds is 7. The molecule has 1 saturated heterocycles. The zero-order valence-corrected chi connectivity index (χ0v) is 12.8. The molecule has 1 rings (SSSR count). The Morgan fingerprint density at radius 3 is 2.57 bits per heavy atom. The molecule has 1 aliphatic rings. The predicted octanol–water partition coefficient (Wildman–Crippen LogP) is 0.439. The fourth-order valence-corrected chi connectivity index (χ4v) is 5.72. The van der Waals surface area contributed by atoms with E-state index in [1.807, 2.05) is 0 Å². The second-order valence-corrected chi connectivity index (χ2v) is 9.14. The van der Waals surface area contributed by atoms with Gasteiger partial charge in [0.2, 0.25) is 0 Å². The quantitative estimate of drug-likeness (QED) is 0.181. The van der Waals surface area contributed by atoms with Crippen LogP contribution in [0.5, 0.6) is 0 Å². The van der Waals surface area contributed by atoms with E-state index in [1.165, 1.54) is 0 Å². The van der Waals surface area contributed by atoms with E-state index in [1.54, 1.807) is 0 Å². The van der Waals surface area contributed by atoms with Crippen LogP contribution in [0.1, 0.15) is 7.79 Å². The molecule has 5 atom stereocenters.